The number of hydrogen-bond acceptors (Lipinski definition) is 3. The van der Waals surface area contributed by atoms with E-state index in [1.54, 1.807) is 36.4 Å². The SMILES string of the molecule is CC(C)c1ccc(NC(=O)Nc2ccc(-c3ccc(C(=O)NC(C)(C)C(=O)O)cc3)cc2)cc1. The molecule has 0 spiro atoms. The number of anilines is 2. The zero-order valence-corrected chi connectivity index (χ0v) is 19.7. The first kappa shape index (κ1) is 24.5. The third-order valence-electron chi connectivity index (χ3n) is 5.42. The largest absolute Gasteiger partial charge is 0.480 e. The standard InChI is InChI=1S/C27H29N3O4/c1-17(2)18-9-13-22(14-10-18)28-26(34)29-23-15-11-20(12-16-23)19-5-7-21(8-6-19)24(31)30-27(3,4)25(32)33/h5-17H,1-4H3,(H,30,31)(H,32,33)(H2,28,29,34). The third kappa shape index (κ3) is 6.22. The Hall–Kier alpha value is -4.13. The van der Waals surface area contributed by atoms with Crippen molar-refractivity contribution in [3.8, 4) is 11.1 Å². The van der Waals surface area contributed by atoms with Gasteiger partial charge in [-0.1, -0.05) is 50.2 Å². The lowest BCUT2D eigenvalue weighted by Gasteiger charge is -2.21. The molecule has 0 aliphatic heterocycles. The van der Waals surface area contributed by atoms with Crippen LogP contribution in [0.15, 0.2) is 72.8 Å². The van der Waals surface area contributed by atoms with Crippen molar-refractivity contribution in [2.45, 2.75) is 39.2 Å². The lowest BCUT2D eigenvalue weighted by Crippen LogP contribution is -2.49. The fourth-order valence-corrected chi connectivity index (χ4v) is 3.21. The van der Waals surface area contributed by atoms with Gasteiger partial charge in [0, 0.05) is 16.9 Å². The van der Waals surface area contributed by atoms with Gasteiger partial charge in [-0.2, -0.15) is 0 Å². The molecule has 3 aromatic carbocycles. The van der Waals surface area contributed by atoms with E-state index in [9.17, 15) is 14.4 Å². The van der Waals surface area contributed by atoms with Crippen molar-refractivity contribution in [1.29, 1.82) is 0 Å². The molecule has 0 atom stereocenters. The molecule has 3 rings (SSSR count). The highest BCUT2D eigenvalue weighted by Crippen LogP contribution is 2.23. The normalized spacial score (nSPS) is 11.1. The van der Waals surface area contributed by atoms with Crippen LogP contribution >= 0.6 is 0 Å². The summed E-state index contributed by atoms with van der Waals surface area (Å²) in [6, 6.07) is 21.6. The van der Waals surface area contributed by atoms with Crippen molar-refractivity contribution >= 4 is 29.3 Å². The highest BCUT2D eigenvalue weighted by Gasteiger charge is 2.29. The molecule has 0 aromatic heterocycles. The summed E-state index contributed by atoms with van der Waals surface area (Å²) in [5, 5.41) is 17.3. The Morgan fingerprint density at radius 3 is 1.62 bits per heavy atom. The monoisotopic (exact) mass is 459 g/mol. The summed E-state index contributed by atoms with van der Waals surface area (Å²) >= 11 is 0. The second-order valence-electron chi connectivity index (χ2n) is 8.89. The lowest BCUT2D eigenvalue weighted by atomic mass is 10.0. The minimum atomic E-state index is -1.36. The first-order valence-corrected chi connectivity index (χ1v) is 11.0. The van der Waals surface area contributed by atoms with E-state index in [4.69, 9.17) is 5.11 Å². The predicted molar refractivity (Wildman–Crippen MR) is 134 cm³/mol. The summed E-state index contributed by atoms with van der Waals surface area (Å²) in [6.45, 7) is 7.10. The van der Waals surface area contributed by atoms with Crippen molar-refractivity contribution in [1.82, 2.24) is 5.32 Å². The van der Waals surface area contributed by atoms with Gasteiger partial charge in [0.2, 0.25) is 0 Å². The number of amides is 3. The highest BCUT2D eigenvalue weighted by atomic mass is 16.4. The molecule has 7 heteroatoms. The van der Waals surface area contributed by atoms with E-state index in [0.29, 0.717) is 17.2 Å². The van der Waals surface area contributed by atoms with E-state index < -0.39 is 17.4 Å². The third-order valence-corrected chi connectivity index (χ3v) is 5.42. The van der Waals surface area contributed by atoms with Gasteiger partial charge in [0.25, 0.3) is 5.91 Å². The smallest absolute Gasteiger partial charge is 0.328 e. The maximum absolute atomic E-state index is 12.3. The lowest BCUT2D eigenvalue weighted by molar-refractivity contribution is -0.143. The number of hydrogen-bond donors (Lipinski definition) is 4. The zero-order chi connectivity index (χ0) is 24.9. The number of benzene rings is 3. The van der Waals surface area contributed by atoms with Crippen LogP contribution in [0.4, 0.5) is 16.2 Å². The van der Waals surface area contributed by atoms with Crippen LogP contribution in [0.2, 0.25) is 0 Å². The zero-order valence-electron chi connectivity index (χ0n) is 19.7. The maximum Gasteiger partial charge on any atom is 0.328 e. The number of nitrogens with one attached hydrogen (secondary N) is 3. The molecule has 0 heterocycles. The van der Waals surface area contributed by atoms with Crippen molar-refractivity contribution in [2.75, 3.05) is 10.6 Å². The van der Waals surface area contributed by atoms with E-state index in [1.165, 1.54) is 19.4 Å². The first-order chi connectivity index (χ1) is 16.0. The molecule has 0 radical (unpaired) electrons. The molecule has 176 valence electrons. The van der Waals surface area contributed by atoms with Gasteiger partial charge >= 0.3 is 12.0 Å². The number of rotatable bonds is 7. The Morgan fingerprint density at radius 2 is 1.18 bits per heavy atom. The number of carbonyl (C=O) groups excluding carboxylic acids is 2. The van der Waals surface area contributed by atoms with Gasteiger partial charge < -0.3 is 21.1 Å². The van der Waals surface area contributed by atoms with Gasteiger partial charge in [-0.25, -0.2) is 9.59 Å². The molecule has 7 nitrogen and oxygen atoms in total. The number of carbonyl (C=O) groups is 3. The Kier molecular flexibility index (Phi) is 7.36. The van der Waals surface area contributed by atoms with Crippen molar-refractivity contribution in [3.63, 3.8) is 0 Å². The van der Waals surface area contributed by atoms with Crippen molar-refractivity contribution in [2.24, 2.45) is 0 Å². The molecule has 0 saturated heterocycles. The number of carboxylic acids is 1. The van der Waals surface area contributed by atoms with Gasteiger partial charge in [0.15, 0.2) is 0 Å². The molecular formula is C27H29N3O4. The van der Waals surface area contributed by atoms with Crippen LogP contribution in [0.3, 0.4) is 0 Å². The van der Waals surface area contributed by atoms with E-state index in [-0.39, 0.29) is 6.03 Å². The number of carboxylic acid groups (broad SMARTS) is 1. The molecule has 34 heavy (non-hydrogen) atoms. The van der Waals surface area contributed by atoms with E-state index in [1.807, 2.05) is 36.4 Å². The number of aliphatic carboxylic acids is 1. The second-order valence-corrected chi connectivity index (χ2v) is 8.89. The average Bonchev–Trinajstić information content (AvgIpc) is 2.79. The topological polar surface area (TPSA) is 108 Å². The van der Waals surface area contributed by atoms with Crippen molar-refractivity contribution < 1.29 is 19.5 Å². The highest BCUT2D eigenvalue weighted by molar-refractivity contribution is 6.00. The van der Waals surface area contributed by atoms with Gasteiger partial charge in [0.1, 0.15) is 5.54 Å². The van der Waals surface area contributed by atoms with Crippen LogP contribution < -0.4 is 16.0 Å². The summed E-state index contributed by atoms with van der Waals surface area (Å²) in [5.74, 6) is -1.13. The minimum absolute atomic E-state index is 0.329. The predicted octanol–water partition coefficient (Wildman–Crippen LogP) is 5.71. The Balaban J connectivity index is 1.60. The molecular weight excluding hydrogens is 430 g/mol. The van der Waals surface area contributed by atoms with Crippen LogP contribution in [0.25, 0.3) is 11.1 Å². The van der Waals surface area contributed by atoms with Crippen LogP contribution in [0.5, 0.6) is 0 Å². The summed E-state index contributed by atoms with van der Waals surface area (Å²) in [4.78, 5) is 35.8. The molecule has 0 saturated carbocycles. The maximum atomic E-state index is 12.3. The van der Waals surface area contributed by atoms with Gasteiger partial charge in [-0.3, -0.25) is 4.79 Å². The van der Waals surface area contributed by atoms with Crippen LogP contribution in [-0.4, -0.2) is 28.6 Å². The molecule has 0 aliphatic carbocycles. The molecule has 0 aliphatic rings. The first-order valence-electron chi connectivity index (χ1n) is 11.0. The van der Waals surface area contributed by atoms with Gasteiger partial charge in [-0.15, -0.1) is 0 Å². The fraction of sp³-hybridized carbons (Fsp3) is 0.222. The second kappa shape index (κ2) is 10.2. The molecule has 3 aromatic rings. The van der Waals surface area contributed by atoms with E-state index >= 15 is 0 Å². The summed E-state index contributed by atoms with van der Waals surface area (Å²) in [6.07, 6.45) is 0. The molecule has 3 amide bonds. The summed E-state index contributed by atoms with van der Waals surface area (Å²) in [5.41, 5.74) is 3.38. The van der Waals surface area contributed by atoms with Crippen molar-refractivity contribution in [3.05, 3.63) is 83.9 Å². The quantitative estimate of drug-likeness (QED) is 0.363. The molecule has 0 bridgehead atoms. The number of urea groups is 1. The average molecular weight is 460 g/mol. The molecule has 0 fully saturated rings. The summed E-state index contributed by atoms with van der Waals surface area (Å²) in [7, 11) is 0. The Bertz CT molecular complexity index is 1170. The Labute approximate surface area is 199 Å². The van der Waals surface area contributed by atoms with E-state index in [2.05, 4.69) is 29.8 Å². The summed E-state index contributed by atoms with van der Waals surface area (Å²) < 4.78 is 0. The van der Waals surface area contributed by atoms with Crippen LogP contribution in [0, 0.1) is 0 Å². The fourth-order valence-electron chi connectivity index (χ4n) is 3.21. The van der Waals surface area contributed by atoms with E-state index in [0.717, 1.165) is 16.8 Å². The van der Waals surface area contributed by atoms with Gasteiger partial charge in [0.05, 0.1) is 0 Å². The molecule has 4 N–H and O–H groups in total. The Morgan fingerprint density at radius 1 is 0.735 bits per heavy atom. The minimum Gasteiger partial charge on any atom is -0.480 e. The molecule has 0 unspecified atom stereocenters. The van der Waals surface area contributed by atoms with Crippen LogP contribution in [-0.2, 0) is 4.79 Å². The van der Waals surface area contributed by atoms with Crippen LogP contribution in [0.1, 0.15) is 49.5 Å². The van der Waals surface area contributed by atoms with Gasteiger partial charge in [-0.05, 0) is 72.9 Å².